The monoisotopic (exact) mass is 344 g/mol. The van der Waals surface area contributed by atoms with E-state index in [9.17, 15) is 0 Å². The smallest absolute Gasteiger partial charge is 0.0701 e. The number of thiophene rings is 1. The maximum atomic E-state index is 6.23. The topological polar surface area (TPSA) is 29.3 Å². The van der Waals surface area contributed by atoms with Crippen LogP contribution in [-0.2, 0) is 6.54 Å². The summed E-state index contributed by atoms with van der Waals surface area (Å²) in [4.78, 5) is 2.50. The van der Waals surface area contributed by atoms with E-state index in [1.54, 1.807) is 11.3 Å². The summed E-state index contributed by atoms with van der Waals surface area (Å²) >= 11 is 5.30. The standard InChI is InChI=1S/C15H25BrN2S/c1-14(2)6-4-5-7-15(14,11-17)18(3)9-12-8-13(16)19-10-12/h8,10H,4-7,9,11,17H2,1-3H3. The lowest BCUT2D eigenvalue weighted by Gasteiger charge is -2.55. The maximum absolute atomic E-state index is 6.23. The quantitative estimate of drug-likeness (QED) is 0.884. The first kappa shape index (κ1) is 15.5. The van der Waals surface area contributed by atoms with Gasteiger partial charge in [0.2, 0.25) is 0 Å². The van der Waals surface area contributed by atoms with Crippen LogP contribution in [-0.4, -0.2) is 24.0 Å². The largest absolute Gasteiger partial charge is 0.329 e. The van der Waals surface area contributed by atoms with Crippen LogP contribution in [0.15, 0.2) is 15.2 Å². The molecule has 0 radical (unpaired) electrons. The van der Waals surface area contributed by atoms with Gasteiger partial charge in [0.15, 0.2) is 0 Å². The van der Waals surface area contributed by atoms with Crippen LogP contribution in [0.2, 0.25) is 0 Å². The molecule has 0 amide bonds. The molecule has 1 aliphatic rings. The van der Waals surface area contributed by atoms with Crippen molar-refractivity contribution in [3.05, 3.63) is 20.8 Å². The number of nitrogens with zero attached hydrogens (tertiary/aromatic N) is 1. The van der Waals surface area contributed by atoms with E-state index in [1.165, 1.54) is 35.0 Å². The summed E-state index contributed by atoms with van der Waals surface area (Å²) in [5.41, 5.74) is 8.04. The SMILES string of the molecule is CN(Cc1csc(Br)c1)C1(CN)CCCCC1(C)C. The van der Waals surface area contributed by atoms with Crippen LogP contribution < -0.4 is 5.73 Å². The predicted molar refractivity (Wildman–Crippen MR) is 87.5 cm³/mol. The highest BCUT2D eigenvalue weighted by atomic mass is 79.9. The fourth-order valence-corrected chi connectivity index (χ4v) is 4.85. The fourth-order valence-electron chi connectivity index (χ4n) is 3.65. The van der Waals surface area contributed by atoms with Gasteiger partial charge in [0, 0.05) is 18.6 Å². The molecule has 1 aliphatic carbocycles. The van der Waals surface area contributed by atoms with E-state index in [1.807, 2.05) is 0 Å². The molecule has 0 bridgehead atoms. The van der Waals surface area contributed by atoms with Gasteiger partial charge in [-0.05, 0) is 58.2 Å². The summed E-state index contributed by atoms with van der Waals surface area (Å²) in [5, 5.41) is 2.24. The molecular formula is C15H25BrN2S. The van der Waals surface area contributed by atoms with Crippen LogP contribution >= 0.6 is 27.3 Å². The molecule has 1 saturated carbocycles. The number of nitrogens with two attached hydrogens (primary N) is 1. The first-order valence-electron chi connectivity index (χ1n) is 7.05. The summed E-state index contributed by atoms with van der Waals surface area (Å²) < 4.78 is 1.21. The van der Waals surface area contributed by atoms with Gasteiger partial charge >= 0.3 is 0 Å². The molecule has 1 fully saturated rings. The zero-order chi connectivity index (χ0) is 14.1. The zero-order valence-corrected chi connectivity index (χ0v) is 14.6. The summed E-state index contributed by atoms with van der Waals surface area (Å²) in [6.07, 6.45) is 5.14. The lowest BCUT2D eigenvalue weighted by atomic mass is 9.62. The molecule has 1 aromatic rings. The summed E-state index contributed by atoms with van der Waals surface area (Å²) in [7, 11) is 2.24. The van der Waals surface area contributed by atoms with Crippen LogP contribution in [0.5, 0.6) is 0 Å². The lowest BCUT2D eigenvalue weighted by molar-refractivity contribution is -0.0334. The minimum Gasteiger partial charge on any atom is -0.329 e. The van der Waals surface area contributed by atoms with Gasteiger partial charge in [-0.25, -0.2) is 0 Å². The Labute approximate surface area is 129 Å². The lowest BCUT2D eigenvalue weighted by Crippen LogP contribution is -2.62. The molecule has 1 aromatic heterocycles. The zero-order valence-electron chi connectivity index (χ0n) is 12.2. The van der Waals surface area contributed by atoms with Crippen LogP contribution in [0, 0.1) is 5.41 Å². The average Bonchev–Trinajstić information content (AvgIpc) is 2.74. The van der Waals surface area contributed by atoms with E-state index < -0.39 is 0 Å². The van der Waals surface area contributed by atoms with Gasteiger partial charge < -0.3 is 5.73 Å². The molecule has 0 saturated heterocycles. The van der Waals surface area contributed by atoms with Gasteiger partial charge in [0.1, 0.15) is 0 Å². The first-order chi connectivity index (χ1) is 8.91. The Morgan fingerprint density at radius 3 is 2.58 bits per heavy atom. The Hall–Kier alpha value is 0.1000. The Bertz CT molecular complexity index is 430. The van der Waals surface area contributed by atoms with Crippen molar-refractivity contribution in [1.82, 2.24) is 4.90 Å². The number of halogens is 1. The average molecular weight is 345 g/mol. The molecule has 1 unspecified atom stereocenters. The van der Waals surface area contributed by atoms with E-state index >= 15 is 0 Å². The Morgan fingerprint density at radius 2 is 2.05 bits per heavy atom. The second-order valence-electron chi connectivity index (χ2n) is 6.44. The summed E-state index contributed by atoms with van der Waals surface area (Å²) in [5.74, 6) is 0. The highest BCUT2D eigenvalue weighted by Crippen LogP contribution is 2.47. The minimum atomic E-state index is 0.139. The van der Waals surface area contributed by atoms with Gasteiger partial charge in [0.05, 0.1) is 3.79 Å². The van der Waals surface area contributed by atoms with E-state index in [4.69, 9.17) is 5.73 Å². The Kier molecular flexibility index (Phi) is 4.76. The number of hydrogen-bond acceptors (Lipinski definition) is 3. The van der Waals surface area contributed by atoms with Crippen molar-refractivity contribution >= 4 is 27.3 Å². The molecule has 1 atom stereocenters. The summed E-state index contributed by atoms with van der Waals surface area (Å²) in [6, 6.07) is 2.22. The van der Waals surface area contributed by atoms with Crippen LogP contribution in [0.25, 0.3) is 0 Å². The van der Waals surface area contributed by atoms with E-state index in [0.29, 0.717) is 5.41 Å². The van der Waals surface area contributed by atoms with Gasteiger partial charge in [-0.3, -0.25) is 4.90 Å². The van der Waals surface area contributed by atoms with E-state index in [0.717, 1.165) is 13.1 Å². The van der Waals surface area contributed by atoms with Crippen LogP contribution in [0.3, 0.4) is 0 Å². The highest BCUT2D eigenvalue weighted by molar-refractivity contribution is 9.11. The second kappa shape index (κ2) is 5.84. The molecule has 4 heteroatoms. The minimum absolute atomic E-state index is 0.139. The third-order valence-corrected chi connectivity index (χ3v) is 6.57. The normalized spacial score (nSPS) is 26.8. The van der Waals surface area contributed by atoms with E-state index in [-0.39, 0.29) is 5.54 Å². The maximum Gasteiger partial charge on any atom is 0.0701 e. The van der Waals surface area contributed by atoms with Crippen LogP contribution in [0.4, 0.5) is 0 Å². The molecule has 0 aliphatic heterocycles. The molecule has 19 heavy (non-hydrogen) atoms. The van der Waals surface area contributed by atoms with E-state index in [2.05, 4.69) is 53.2 Å². The van der Waals surface area contributed by atoms with Crippen molar-refractivity contribution in [3.63, 3.8) is 0 Å². The van der Waals surface area contributed by atoms with Gasteiger partial charge in [-0.1, -0.05) is 26.7 Å². The number of rotatable bonds is 4. The fraction of sp³-hybridized carbons (Fsp3) is 0.733. The molecule has 2 rings (SSSR count). The molecule has 0 spiro atoms. The molecule has 0 aromatic carbocycles. The molecule has 2 N–H and O–H groups in total. The summed E-state index contributed by atoms with van der Waals surface area (Å²) in [6.45, 7) is 6.52. The highest BCUT2D eigenvalue weighted by Gasteiger charge is 2.48. The molecular weight excluding hydrogens is 320 g/mol. The third-order valence-electron chi connectivity index (χ3n) is 5.01. The Balaban J connectivity index is 2.20. The van der Waals surface area contributed by atoms with Gasteiger partial charge in [-0.2, -0.15) is 0 Å². The van der Waals surface area contributed by atoms with Crippen molar-refractivity contribution in [3.8, 4) is 0 Å². The predicted octanol–water partition coefficient (Wildman–Crippen LogP) is 4.24. The van der Waals surface area contributed by atoms with Crippen molar-refractivity contribution < 1.29 is 0 Å². The molecule has 108 valence electrons. The molecule has 2 nitrogen and oxygen atoms in total. The number of likely N-dealkylation sites (N-methyl/N-ethyl adjacent to an activating group) is 1. The Morgan fingerprint density at radius 1 is 1.37 bits per heavy atom. The van der Waals surface area contributed by atoms with Crippen molar-refractivity contribution in [2.24, 2.45) is 11.1 Å². The molecule has 1 heterocycles. The first-order valence-corrected chi connectivity index (χ1v) is 8.73. The van der Waals surface area contributed by atoms with Gasteiger partial charge in [-0.15, -0.1) is 11.3 Å². The van der Waals surface area contributed by atoms with Crippen molar-refractivity contribution in [2.45, 2.75) is 51.6 Å². The second-order valence-corrected chi connectivity index (χ2v) is 8.73. The number of hydrogen-bond donors (Lipinski definition) is 1. The van der Waals surface area contributed by atoms with Gasteiger partial charge in [0.25, 0.3) is 0 Å². The van der Waals surface area contributed by atoms with Crippen molar-refractivity contribution in [2.75, 3.05) is 13.6 Å². The van der Waals surface area contributed by atoms with Crippen molar-refractivity contribution in [1.29, 1.82) is 0 Å². The third kappa shape index (κ3) is 2.92. The van der Waals surface area contributed by atoms with Crippen LogP contribution in [0.1, 0.15) is 45.1 Å².